The summed E-state index contributed by atoms with van der Waals surface area (Å²) in [7, 11) is 0. The fourth-order valence-electron chi connectivity index (χ4n) is 1.82. The third-order valence-electron chi connectivity index (χ3n) is 3.17. The minimum Gasteiger partial charge on any atom is -0.476 e. The average molecular weight is 320 g/mol. The predicted molar refractivity (Wildman–Crippen MR) is 82.6 cm³/mol. The molecule has 114 valence electrons. The molecule has 1 heterocycles. The number of aryl methyl sites for hydroxylation is 3. The quantitative estimate of drug-likeness (QED) is 0.907. The second-order valence-corrected chi connectivity index (χ2v) is 5.25. The zero-order valence-electron chi connectivity index (χ0n) is 12.3. The van der Waals surface area contributed by atoms with Gasteiger partial charge in [-0.2, -0.15) is 0 Å². The van der Waals surface area contributed by atoms with Crippen LogP contribution in [0.4, 0.5) is 5.69 Å². The van der Waals surface area contributed by atoms with Gasteiger partial charge in [-0.3, -0.25) is 4.79 Å². The first-order chi connectivity index (χ1) is 10.3. The molecule has 0 aliphatic rings. The Morgan fingerprint density at radius 3 is 2.27 bits per heavy atom. The Balaban J connectivity index is 2.43. The SMILES string of the molecule is Cc1ccc(Cl)cc1NC(=O)c1nc(C)c(C)nc1C(=O)O. The van der Waals surface area contributed by atoms with Crippen LogP contribution >= 0.6 is 11.6 Å². The zero-order valence-corrected chi connectivity index (χ0v) is 13.0. The molecule has 7 heteroatoms. The molecule has 2 aromatic rings. The van der Waals surface area contributed by atoms with Gasteiger partial charge in [-0.1, -0.05) is 17.7 Å². The van der Waals surface area contributed by atoms with Crippen LogP contribution in [0.3, 0.4) is 0 Å². The van der Waals surface area contributed by atoms with Gasteiger partial charge in [-0.25, -0.2) is 14.8 Å². The molecule has 0 bridgehead atoms. The smallest absolute Gasteiger partial charge is 0.356 e. The van der Waals surface area contributed by atoms with Gasteiger partial charge in [0.05, 0.1) is 11.4 Å². The van der Waals surface area contributed by atoms with Crippen molar-refractivity contribution in [3.8, 4) is 0 Å². The molecule has 0 atom stereocenters. The molecule has 0 saturated carbocycles. The number of hydrogen-bond acceptors (Lipinski definition) is 4. The summed E-state index contributed by atoms with van der Waals surface area (Å²) >= 11 is 5.90. The van der Waals surface area contributed by atoms with Crippen LogP contribution in [0.5, 0.6) is 0 Å². The van der Waals surface area contributed by atoms with Crippen LogP contribution in [-0.4, -0.2) is 27.0 Å². The summed E-state index contributed by atoms with van der Waals surface area (Å²) in [6.07, 6.45) is 0. The Labute approximate surface area is 132 Å². The summed E-state index contributed by atoms with van der Waals surface area (Å²) in [6, 6.07) is 5.04. The number of carbonyl (C=O) groups excluding carboxylic acids is 1. The highest BCUT2D eigenvalue weighted by atomic mass is 35.5. The fourth-order valence-corrected chi connectivity index (χ4v) is 1.99. The van der Waals surface area contributed by atoms with Crippen LogP contribution in [0, 0.1) is 20.8 Å². The molecule has 0 aliphatic heterocycles. The summed E-state index contributed by atoms with van der Waals surface area (Å²) in [6.45, 7) is 5.10. The number of nitrogens with one attached hydrogen (secondary N) is 1. The normalized spacial score (nSPS) is 10.4. The summed E-state index contributed by atoms with van der Waals surface area (Å²) in [5.41, 5.74) is 1.65. The first-order valence-electron chi connectivity index (χ1n) is 6.45. The predicted octanol–water partition coefficient (Wildman–Crippen LogP) is 3.01. The Bertz CT molecular complexity index is 775. The van der Waals surface area contributed by atoms with E-state index in [2.05, 4.69) is 15.3 Å². The molecule has 6 nitrogen and oxygen atoms in total. The number of halogens is 1. The lowest BCUT2D eigenvalue weighted by molar-refractivity contribution is 0.0684. The van der Waals surface area contributed by atoms with E-state index in [4.69, 9.17) is 11.6 Å². The van der Waals surface area contributed by atoms with Crippen molar-refractivity contribution in [2.75, 3.05) is 5.32 Å². The number of rotatable bonds is 3. The van der Waals surface area contributed by atoms with Crippen molar-refractivity contribution in [1.29, 1.82) is 0 Å². The summed E-state index contributed by atoms with van der Waals surface area (Å²) in [5.74, 6) is -1.94. The molecular formula is C15H14ClN3O3. The highest BCUT2D eigenvalue weighted by Crippen LogP contribution is 2.21. The van der Waals surface area contributed by atoms with Crippen molar-refractivity contribution >= 4 is 29.2 Å². The Hall–Kier alpha value is -2.47. The zero-order chi connectivity index (χ0) is 16.4. The highest BCUT2D eigenvalue weighted by Gasteiger charge is 2.22. The van der Waals surface area contributed by atoms with Gasteiger partial charge in [-0.15, -0.1) is 0 Å². The molecule has 0 saturated heterocycles. The van der Waals surface area contributed by atoms with E-state index < -0.39 is 11.9 Å². The maximum Gasteiger partial charge on any atom is 0.356 e. The maximum atomic E-state index is 12.3. The van der Waals surface area contributed by atoms with Crippen LogP contribution in [0.25, 0.3) is 0 Å². The number of anilines is 1. The number of carboxylic acids is 1. The average Bonchev–Trinajstić information content (AvgIpc) is 2.45. The molecular weight excluding hydrogens is 306 g/mol. The van der Waals surface area contributed by atoms with Crippen molar-refractivity contribution in [1.82, 2.24) is 9.97 Å². The molecule has 0 radical (unpaired) electrons. The number of amides is 1. The lowest BCUT2D eigenvalue weighted by Crippen LogP contribution is -2.21. The van der Waals surface area contributed by atoms with Gasteiger partial charge in [0.25, 0.3) is 5.91 Å². The first kappa shape index (κ1) is 15.9. The van der Waals surface area contributed by atoms with Crippen molar-refractivity contribution in [2.24, 2.45) is 0 Å². The van der Waals surface area contributed by atoms with E-state index in [9.17, 15) is 14.7 Å². The highest BCUT2D eigenvalue weighted by molar-refractivity contribution is 6.31. The summed E-state index contributed by atoms with van der Waals surface area (Å²) in [4.78, 5) is 31.6. The van der Waals surface area contributed by atoms with E-state index in [1.165, 1.54) is 0 Å². The molecule has 1 aromatic heterocycles. The number of aromatic carboxylic acids is 1. The van der Waals surface area contributed by atoms with Crippen LogP contribution in [0.15, 0.2) is 18.2 Å². The number of hydrogen-bond donors (Lipinski definition) is 2. The van der Waals surface area contributed by atoms with Crippen LogP contribution in [0.2, 0.25) is 5.02 Å². The molecule has 0 unspecified atom stereocenters. The molecule has 2 rings (SSSR count). The van der Waals surface area contributed by atoms with E-state index in [-0.39, 0.29) is 11.4 Å². The Morgan fingerprint density at radius 1 is 1.09 bits per heavy atom. The van der Waals surface area contributed by atoms with Crippen molar-refractivity contribution in [3.63, 3.8) is 0 Å². The molecule has 22 heavy (non-hydrogen) atoms. The molecule has 0 aliphatic carbocycles. The summed E-state index contributed by atoms with van der Waals surface area (Å²) in [5, 5.41) is 12.3. The van der Waals surface area contributed by atoms with E-state index in [0.29, 0.717) is 22.1 Å². The fraction of sp³-hybridized carbons (Fsp3) is 0.200. The lowest BCUT2D eigenvalue weighted by atomic mass is 10.2. The third-order valence-corrected chi connectivity index (χ3v) is 3.41. The molecule has 2 N–H and O–H groups in total. The summed E-state index contributed by atoms with van der Waals surface area (Å²) < 4.78 is 0. The topological polar surface area (TPSA) is 92.2 Å². The minimum atomic E-state index is -1.30. The number of benzene rings is 1. The van der Waals surface area contributed by atoms with Gasteiger partial charge in [0.1, 0.15) is 0 Å². The maximum absolute atomic E-state index is 12.3. The van der Waals surface area contributed by atoms with Gasteiger partial charge in [0.2, 0.25) is 0 Å². The van der Waals surface area contributed by atoms with E-state index in [1.807, 2.05) is 0 Å². The number of carboxylic acid groups (broad SMARTS) is 1. The Morgan fingerprint density at radius 2 is 1.68 bits per heavy atom. The van der Waals surface area contributed by atoms with Gasteiger partial charge >= 0.3 is 5.97 Å². The van der Waals surface area contributed by atoms with Crippen LogP contribution in [-0.2, 0) is 0 Å². The monoisotopic (exact) mass is 319 g/mol. The number of aromatic nitrogens is 2. The molecule has 1 amide bonds. The van der Waals surface area contributed by atoms with Gasteiger partial charge in [0.15, 0.2) is 11.4 Å². The van der Waals surface area contributed by atoms with E-state index in [1.54, 1.807) is 39.0 Å². The minimum absolute atomic E-state index is 0.227. The molecule has 1 aromatic carbocycles. The van der Waals surface area contributed by atoms with Crippen LogP contribution in [0.1, 0.15) is 37.9 Å². The lowest BCUT2D eigenvalue weighted by Gasteiger charge is -2.11. The first-order valence-corrected chi connectivity index (χ1v) is 6.83. The van der Waals surface area contributed by atoms with Gasteiger partial charge in [-0.05, 0) is 38.5 Å². The number of carbonyl (C=O) groups is 2. The largest absolute Gasteiger partial charge is 0.476 e. The van der Waals surface area contributed by atoms with Crippen molar-refractivity contribution in [2.45, 2.75) is 20.8 Å². The second-order valence-electron chi connectivity index (χ2n) is 4.81. The Kier molecular flexibility index (Phi) is 4.42. The number of nitrogens with zero attached hydrogens (tertiary/aromatic N) is 2. The van der Waals surface area contributed by atoms with Crippen molar-refractivity contribution in [3.05, 3.63) is 51.6 Å². The third kappa shape index (κ3) is 3.23. The van der Waals surface area contributed by atoms with Crippen molar-refractivity contribution < 1.29 is 14.7 Å². The standard InChI is InChI=1S/C15H14ClN3O3/c1-7-4-5-10(16)6-11(7)19-14(20)12-13(15(21)22)18-9(3)8(2)17-12/h4-6H,1-3H3,(H,19,20)(H,21,22). The van der Waals surface area contributed by atoms with Crippen LogP contribution < -0.4 is 5.32 Å². The van der Waals surface area contributed by atoms with Gasteiger partial charge in [0, 0.05) is 10.7 Å². The van der Waals surface area contributed by atoms with E-state index in [0.717, 1.165) is 5.56 Å². The second kappa shape index (κ2) is 6.11. The van der Waals surface area contributed by atoms with E-state index >= 15 is 0 Å². The molecule has 0 spiro atoms. The molecule has 0 fully saturated rings. The van der Waals surface area contributed by atoms with Gasteiger partial charge < -0.3 is 10.4 Å².